The van der Waals surface area contributed by atoms with Crippen molar-refractivity contribution in [1.82, 2.24) is 0 Å². The number of nitriles is 1. The predicted octanol–water partition coefficient (Wildman–Crippen LogP) is 2.65. The summed E-state index contributed by atoms with van der Waals surface area (Å²) in [6.45, 7) is 0. The number of nitrogens with zero attached hydrogens (tertiary/aromatic N) is 1. The van der Waals surface area contributed by atoms with E-state index in [4.69, 9.17) is 5.26 Å². The molecule has 1 fully saturated rings. The summed E-state index contributed by atoms with van der Waals surface area (Å²) in [4.78, 5) is 0. The van der Waals surface area contributed by atoms with Gasteiger partial charge in [0.05, 0.1) is 23.8 Å². The second kappa shape index (κ2) is 4.86. The first-order valence-electron chi connectivity index (χ1n) is 5.35. The number of nitrogens with one attached hydrogen (secondary N) is 1. The van der Waals surface area contributed by atoms with Gasteiger partial charge in [0.25, 0.3) is 0 Å². The minimum Gasteiger partial charge on any atom is -0.391 e. The van der Waals surface area contributed by atoms with Gasteiger partial charge in [-0.1, -0.05) is 0 Å². The summed E-state index contributed by atoms with van der Waals surface area (Å²) >= 11 is 3.42. The second-order valence-electron chi connectivity index (χ2n) is 4.06. The topological polar surface area (TPSA) is 56.0 Å². The van der Waals surface area contributed by atoms with Crippen LogP contribution < -0.4 is 5.32 Å². The van der Waals surface area contributed by atoms with Crippen LogP contribution in [0.4, 0.5) is 5.69 Å². The third-order valence-corrected chi connectivity index (χ3v) is 3.57. The molecule has 2 unspecified atom stereocenters. The number of aliphatic hydroxyl groups is 1. The molecule has 0 heterocycles. The fourth-order valence-corrected chi connectivity index (χ4v) is 2.50. The Bertz CT molecular complexity index is 428. The molecular weight excluding hydrogens is 268 g/mol. The molecule has 0 spiro atoms. The van der Waals surface area contributed by atoms with Crippen LogP contribution in [0.15, 0.2) is 22.7 Å². The molecule has 1 aromatic rings. The number of rotatable bonds is 2. The molecule has 84 valence electrons. The summed E-state index contributed by atoms with van der Waals surface area (Å²) in [6.07, 6.45) is 2.66. The lowest BCUT2D eigenvalue weighted by Gasteiger charge is -2.18. The van der Waals surface area contributed by atoms with E-state index < -0.39 is 0 Å². The number of benzene rings is 1. The van der Waals surface area contributed by atoms with Gasteiger partial charge in [-0.3, -0.25) is 0 Å². The Balaban J connectivity index is 2.13. The molecular formula is C12H13BrN2O. The Labute approximate surface area is 103 Å². The standard InChI is InChI=1S/C12H13BrN2O/c13-9-6-8(7-14)4-5-10(9)15-11-2-1-3-12(11)16/h4-6,11-12,15-16H,1-3H2. The van der Waals surface area contributed by atoms with Crippen molar-refractivity contribution in [2.45, 2.75) is 31.4 Å². The van der Waals surface area contributed by atoms with Crippen molar-refractivity contribution in [2.75, 3.05) is 5.32 Å². The molecule has 0 aliphatic heterocycles. The number of hydrogen-bond donors (Lipinski definition) is 2. The summed E-state index contributed by atoms with van der Waals surface area (Å²) in [7, 11) is 0. The van der Waals surface area contributed by atoms with Crippen LogP contribution in [0, 0.1) is 11.3 Å². The molecule has 1 saturated carbocycles. The minimum absolute atomic E-state index is 0.129. The van der Waals surface area contributed by atoms with Gasteiger partial charge in [0.1, 0.15) is 0 Å². The van der Waals surface area contributed by atoms with Gasteiger partial charge in [-0.05, 0) is 53.4 Å². The van der Waals surface area contributed by atoms with Crippen LogP contribution in [0.3, 0.4) is 0 Å². The summed E-state index contributed by atoms with van der Waals surface area (Å²) < 4.78 is 0.866. The summed E-state index contributed by atoms with van der Waals surface area (Å²) in [5, 5.41) is 21.8. The Morgan fingerprint density at radius 1 is 1.44 bits per heavy atom. The highest BCUT2D eigenvalue weighted by Crippen LogP contribution is 2.28. The van der Waals surface area contributed by atoms with Crippen molar-refractivity contribution in [3.05, 3.63) is 28.2 Å². The third-order valence-electron chi connectivity index (χ3n) is 2.92. The lowest BCUT2D eigenvalue weighted by Crippen LogP contribution is -2.28. The average molecular weight is 281 g/mol. The zero-order valence-electron chi connectivity index (χ0n) is 8.78. The van der Waals surface area contributed by atoms with Crippen molar-refractivity contribution >= 4 is 21.6 Å². The SMILES string of the molecule is N#Cc1ccc(NC2CCCC2O)c(Br)c1. The lowest BCUT2D eigenvalue weighted by atomic mass is 10.1. The van der Waals surface area contributed by atoms with Gasteiger partial charge >= 0.3 is 0 Å². The number of hydrogen-bond acceptors (Lipinski definition) is 3. The largest absolute Gasteiger partial charge is 0.391 e. The molecule has 1 aliphatic rings. The highest BCUT2D eigenvalue weighted by atomic mass is 79.9. The molecule has 2 atom stereocenters. The van der Waals surface area contributed by atoms with Crippen LogP contribution in [-0.2, 0) is 0 Å². The first-order chi connectivity index (χ1) is 7.70. The van der Waals surface area contributed by atoms with Crippen LogP contribution in [0.1, 0.15) is 24.8 Å². The molecule has 0 amide bonds. The zero-order valence-corrected chi connectivity index (χ0v) is 10.4. The van der Waals surface area contributed by atoms with Crippen molar-refractivity contribution in [3.63, 3.8) is 0 Å². The summed E-state index contributed by atoms with van der Waals surface area (Å²) in [6, 6.07) is 7.64. The van der Waals surface area contributed by atoms with E-state index in [1.54, 1.807) is 12.1 Å². The van der Waals surface area contributed by atoms with E-state index in [9.17, 15) is 5.11 Å². The Morgan fingerprint density at radius 3 is 2.81 bits per heavy atom. The quantitative estimate of drug-likeness (QED) is 0.876. The van der Waals surface area contributed by atoms with Crippen LogP contribution in [0.25, 0.3) is 0 Å². The van der Waals surface area contributed by atoms with Crippen LogP contribution in [0.2, 0.25) is 0 Å². The lowest BCUT2D eigenvalue weighted by molar-refractivity contribution is 0.172. The third kappa shape index (κ3) is 2.37. The van der Waals surface area contributed by atoms with Crippen molar-refractivity contribution in [2.24, 2.45) is 0 Å². The summed E-state index contributed by atoms with van der Waals surface area (Å²) in [5.74, 6) is 0. The average Bonchev–Trinajstić information content (AvgIpc) is 2.67. The maximum absolute atomic E-state index is 9.71. The molecule has 3 nitrogen and oxygen atoms in total. The first-order valence-corrected chi connectivity index (χ1v) is 6.14. The summed E-state index contributed by atoms with van der Waals surface area (Å²) in [5.41, 5.74) is 1.56. The number of halogens is 1. The van der Waals surface area contributed by atoms with E-state index in [2.05, 4.69) is 27.3 Å². The molecule has 2 rings (SSSR count). The number of anilines is 1. The number of aliphatic hydroxyl groups excluding tert-OH is 1. The molecule has 16 heavy (non-hydrogen) atoms. The molecule has 0 bridgehead atoms. The predicted molar refractivity (Wildman–Crippen MR) is 66.1 cm³/mol. The van der Waals surface area contributed by atoms with Crippen molar-refractivity contribution in [3.8, 4) is 6.07 Å². The van der Waals surface area contributed by atoms with Crippen LogP contribution in [-0.4, -0.2) is 17.3 Å². The van der Waals surface area contributed by atoms with Gasteiger partial charge < -0.3 is 10.4 Å². The van der Waals surface area contributed by atoms with Crippen molar-refractivity contribution in [1.29, 1.82) is 5.26 Å². The smallest absolute Gasteiger partial charge is 0.0992 e. The van der Waals surface area contributed by atoms with Gasteiger partial charge in [0.2, 0.25) is 0 Å². The Morgan fingerprint density at radius 2 is 2.25 bits per heavy atom. The normalized spacial score (nSPS) is 24.1. The molecule has 1 aromatic carbocycles. The fourth-order valence-electron chi connectivity index (χ4n) is 2.01. The van der Waals surface area contributed by atoms with E-state index in [1.807, 2.05) is 6.07 Å². The minimum atomic E-state index is -0.262. The van der Waals surface area contributed by atoms with Crippen LogP contribution >= 0.6 is 15.9 Å². The molecule has 2 N–H and O–H groups in total. The van der Waals surface area contributed by atoms with E-state index in [0.29, 0.717) is 5.56 Å². The van der Waals surface area contributed by atoms with Gasteiger partial charge in [-0.2, -0.15) is 5.26 Å². The van der Waals surface area contributed by atoms with Gasteiger partial charge in [-0.15, -0.1) is 0 Å². The van der Waals surface area contributed by atoms with Crippen molar-refractivity contribution < 1.29 is 5.11 Å². The molecule has 0 aromatic heterocycles. The fraction of sp³-hybridized carbons (Fsp3) is 0.417. The molecule has 4 heteroatoms. The highest BCUT2D eigenvalue weighted by molar-refractivity contribution is 9.10. The highest BCUT2D eigenvalue weighted by Gasteiger charge is 2.25. The van der Waals surface area contributed by atoms with Crippen LogP contribution in [0.5, 0.6) is 0 Å². The zero-order chi connectivity index (χ0) is 11.5. The van der Waals surface area contributed by atoms with E-state index in [-0.39, 0.29) is 12.1 Å². The molecule has 0 radical (unpaired) electrons. The Kier molecular flexibility index (Phi) is 3.47. The van der Waals surface area contributed by atoms with Gasteiger partial charge in [-0.25, -0.2) is 0 Å². The van der Waals surface area contributed by atoms with Gasteiger partial charge in [0, 0.05) is 10.2 Å². The Hall–Kier alpha value is -1.05. The molecule has 1 aliphatic carbocycles. The molecule has 0 saturated heterocycles. The van der Waals surface area contributed by atoms with E-state index in [1.165, 1.54) is 0 Å². The van der Waals surface area contributed by atoms with E-state index in [0.717, 1.165) is 29.4 Å². The maximum Gasteiger partial charge on any atom is 0.0992 e. The first kappa shape index (κ1) is 11.4. The maximum atomic E-state index is 9.71. The second-order valence-corrected chi connectivity index (χ2v) is 4.91. The van der Waals surface area contributed by atoms with Gasteiger partial charge in [0.15, 0.2) is 0 Å². The monoisotopic (exact) mass is 280 g/mol. The van der Waals surface area contributed by atoms with E-state index >= 15 is 0 Å².